The molecule has 5 heteroatoms. The maximum atomic E-state index is 12.1. The fourth-order valence-electron chi connectivity index (χ4n) is 1.75. The fraction of sp³-hybridized carbons (Fsp3) is 0.0667. The number of para-hydroxylation sites is 1. The van der Waals surface area contributed by atoms with Crippen LogP contribution in [-0.2, 0) is 0 Å². The largest absolute Gasteiger partial charge is 0.507 e. The molecule has 20 heavy (non-hydrogen) atoms. The standard InChI is InChI=1S/C15H12BrNO3/c1-9(18)11-4-2-3-5-13(11)17-15(20)10-6-7-12(16)14(19)8-10/h2-8,19H,1H3,(H,17,20). The number of halogens is 1. The number of nitrogens with one attached hydrogen (secondary N) is 1. The lowest BCUT2D eigenvalue weighted by Gasteiger charge is -2.09. The molecule has 2 aromatic rings. The Bertz CT molecular complexity index is 683. The summed E-state index contributed by atoms with van der Waals surface area (Å²) in [7, 11) is 0. The summed E-state index contributed by atoms with van der Waals surface area (Å²) in [6, 6.07) is 11.3. The van der Waals surface area contributed by atoms with Crippen molar-refractivity contribution in [3.63, 3.8) is 0 Å². The predicted octanol–water partition coefficient (Wildman–Crippen LogP) is 3.61. The van der Waals surface area contributed by atoms with Gasteiger partial charge in [-0.1, -0.05) is 12.1 Å². The first kappa shape index (κ1) is 14.3. The normalized spacial score (nSPS) is 10.1. The number of hydrogen-bond acceptors (Lipinski definition) is 3. The lowest BCUT2D eigenvalue weighted by atomic mass is 10.1. The molecule has 2 N–H and O–H groups in total. The maximum Gasteiger partial charge on any atom is 0.255 e. The van der Waals surface area contributed by atoms with E-state index in [4.69, 9.17) is 0 Å². The number of carbonyl (C=O) groups is 2. The molecule has 0 saturated heterocycles. The van der Waals surface area contributed by atoms with Crippen molar-refractivity contribution < 1.29 is 14.7 Å². The number of carbonyl (C=O) groups excluding carboxylic acids is 2. The summed E-state index contributed by atoms with van der Waals surface area (Å²) in [5.74, 6) is -0.529. The molecule has 0 saturated carbocycles. The summed E-state index contributed by atoms with van der Waals surface area (Å²) in [4.78, 5) is 23.6. The molecular weight excluding hydrogens is 322 g/mol. The van der Waals surface area contributed by atoms with Crippen LogP contribution in [0, 0.1) is 0 Å². The summed E-state index contributed by atoms with van der Waals surface area (Å²) in [5, 5.41) is 12.2. The van der Waals surface area contributed by atoms with Gasteiger partial charge in [0.25, 0.3) is 5.91 Å². The molecule has 0 heterocycles. The van der Waals surface area contributed by atoms with Gasteiger partial charge in [-0.3, -0.25) is 9.59 Å². The van der Waals surface area contributed by atoms with Crippen LogP contribution in [0.15, 0.2) is 46.9 Å². The molecule has 0 atom stereocenters. The van der Waals surface area contributed by atoms with Crippen LogP contribution in [-0.4, -0.2) is 16.8 Å². The highest BCUT2D eigenvalue weighted by Crippen LogP contribution is 2.25. The Labute approximate surface area is 124 Å². The molecule has 2 rings (SSSR count). The molecule has 0 radical (unpaired) electrons. The van der Waals surface area contributed by atoms with Crippen LogP contribution in [0.1, 0.15) is 27.6 Å². The lowest BCUT2D eigenvalue weighted by Crippen LogP contribution is -2.14. The van der Waals surface area contributed by atoms with E-state index in [1.165, 1.54) is 13.0 Å². The SMILES string of the molecule is CC(=O)c1ccccc1NC(=O)c1ccc(Br)c(O)c1. The van der Waals surface area contributed by atoms with E-state index < -0.39 is 0 Å². The Morgan fingerprint density at radius 2 is 1.85 bits per heavy atom. The Hall–Kier alpha value is -2.14. The number of hydrogen-bond donors (Lipinski definition) is 2. The minimum absolute atomic E-state index is 0.0162. The molecule has 0 unspecified atom stereocenters. The average molecular weight is 334 g/mol. The molecule has 2 aromatic carbocycles. The van der Waals surface area contributed by atoms with E-state index in [2.05, 4.69) is 21.2 Å². The number of phenols is 1. The third-order valence-electron chi connectivity index (χ3n) is 2.76. The zero-order valence-electron chi connectivity index (χ0n) is 10.7. The molecule has 102 valence electrons. The van der Waals surface area contributed by atoms with Crippen LogP contribution >= 0.6 is 15.9 Å². The number of phenolic OH excluding ortho intramolecular Hbond substituents is 1. The first-order valence-electron chi connectivity index (χ1n) is 5.89. The van der Waals surface area contributed by atoms with Gasteiger partial charge in [-0.25, -0.2) is 0 Å². The molecule has 4 nitrogen and oxygen atoms in total. The summed E-state index contributed by atoms with van der Waals surface area (Å²) in [5.41, 5.74) is 1.21. The van der Waals surface area contributed by atoms with Gasteiger partial charge in [-0.2, -0.15) is 0 Å². The van der Waals surface area contributed by atoms with E-state index >= 15 is 0 Å². The van der Waals surface area contributed by atoms with Crippen LogP contribution in [0.25, 0.3) is 0 Å². The molecule has 0 fully saturated rings. The van der Waals surface area contributed by atoms with Gasteiger partial charge >= 0.3 is 0 Å². The van der Waals surface area contributed by atoms with E-state index in [1.807, 2.05) is 0 Å². The number of amides is 1. The fourth-order valence-corrected chi connectivity index (χ4v) is 1.99. The van der Waals surface area contributed by atoms with Gasteiger partial charge in [0.05, 0.1) is 10.2 Å². The Morgan fingerprint density at radius 3 is 2.50 bits per heavy atom. The number of Topliss-reactive ketones (excluding diaryl/α,β-unsaturated/α-hetero) is 1. The summed E-state index contributed by atoms with van der Waals surface area (Å²) in [6.07, 6.45) is 0. The molecule has 0 aliphatic carbocycles. The highest BCUT2D eigenvalue weighted by molar-refractivity contribution is 9.10. The maximum absolute atomic E-state index is 12.1. The van der Waals surface area contributed by atoms with Crippen LogP contribution in [0.4, 0.5) is 5.69 Å². The van der Waals surface area contributed by atoms with Gasteiger partial charge in [0, 0.05) is 11.1 Å². The van der Waals surface area contributed by atoms with Crippen molar-refractivity contribution in [2.45, 2.75) is 6.92 Å². The van der Waals surface area contributed by atoms with Crippen molar-refractivity contribution >= 4 is 33.3 Å². The molecule has 0 aromatic heterocycles. The van der Waals surface area contributed by atoms with E-state index in [9.17, 15) is 14.7 Å². The van der Waals surface area contributed by atoms with E-state index in [1.54, 1.807) is 36.4 Å². The van der Waals surface area contributed by atoms with Crippen molar-refractivity contribution in [3.8, 4) is 5.75 Å². The molecule has 0 bridgehead atoms. The van der Waals surface area contributed by atoms with E-state index in [0.29, 0.717) is 21.3 Å². The quantitative estimate of drug-likeness (QED) is 0.843. The second-order valence-electron chi connectivity index (χ2n) is 4.22. The Morgan fingerprint density at radius 1 is 1.15 bits per heavy atom. The van der Waals surface area contributed by atoms with Gasteiger partial charge in [0.2, 0.25) is 0 Å². The smallest absolute Gasteiger partial charge is 0.255 e. The van der Waals surface area contributed by atoms with Gasteiger partial charge < -0.3 is 10.4 Å². The van der Waals surface area contributed by atoms with Crippen LogP contribution < -0.4 is 5.32 Å². The van der Waals surface area contributed by atoms with Crippen molar-refractivity contribution in [1.82, 2.24) is 0 Å². The molecule has 0 aliphatic heterocycles. The number of anilines is 1. The topological polar surface area (TPSA) is 66.4 Å². The Balaban J connectivity index is 2.28. The average Bonchev–Trinajstić information content (AvgIpc) is 2.42. The molecule has 0 aliphatic rings. The number of aromatic hydroxyl groups is 1. The summed E-state index contributed by atoms with van der Waals surface area (Å²) >= 11 is 3.15. The second-order valence-corrected chi connectivity index (χ2v) is 5.08. The van der Waals surface area contributed by atoms with Crippen molar-refractivity contribution in [1.29, 1.82) is 0 Å². The highest BCUT2D eigenvalue weighted by Gasteiger charge is 2.12. The lowest BCUT2D eigenvalue weighted by molar-refractivity contribution is 0.101. The van der Waals surface area contributed by atoms with Crippen LogP contribution in [0.2, 0.25) is 0 Å². The van der Waals surface area contributed by atoms with E-state index in [-0.39, 0.29) is 17.4 Å². The third-order valence-corrected chi connectivity index (χ3v) is 3.43. The van der Waals surface area contributed by atoms with Crippen LogP contribution in [0.3, 0.4) is 0 Å². The summed E-state index contributed by atoms with van der Waals surface area (Å²) < 4.78 is 0.512. The van der Waals surface area contributed by atoms with Gasteiger partial charge in [0.1, 0.15) is 5.75 Å². The van der Waals surface area contributed by atoms with Crippen molar-refractivity contribution in [2.75, 3.05) is 5.32 Å². The number of benzene rings is 2. The minimum atomic E-state index is -0.387. The van der Waals surface area contributed by atoms with E-state index in [0.717, 1.165) is 0 Å². The molecular formula is C15H12BrNO3. The monoisotopic (exact) mass is 333 g/mol. The Kier molecular flexibility index (Phi) is 4.20. The van der Waals surface area contributed by atoms with Crippen molar-refractivity contribution in [2.24, 2.45) is 0 Å². The second kappa shape index (κ2) is 5.88. The molecule has 1 amide bonds. The minimum Gasteiger partial charge on any atom is -0.507 e. The zero-order valence-corrected chi connectivity index (χ0v) is 12.3. The number of ketones is 1. The highest BCUT2D eigenvalue weighted by atomic mass is 79.9. The first-order valence-corrected chi connectivity index (χ1v) is 6.68. The summed E-state index contributed by atoms with van der Waals surface area (Å²) in [6.45, 7) is 1.44. The third kappa shape index (κ3) is 3.05. The van der Waals surface area contributed by atoms with Crippen molar-refractivity contribution in [3.05, 3.63) is 58.1 Å². The van der Waals surface area contributed by atoms with Gasteiger partial charge in [-0.15, -0.1) is 0 Å². The van der Waals surface area contributed by atoms with Crippen LogP contribution in [0.5, 0.6) is 5.75 Å². The number of rotatable bonds is 3. The zero-order chi connectivity index (χ0) is 14.7. The molecule has 0 spiro atoms. The predicted molar refractivity (Wildman–Crippen MR) is 80.2 cm³/mol. The first-order chi connectivity index (χ1) is 9.49. The van der Waals surface area contributed by atoms with Gasteiger partial charge in [-0.05, 0) is 53.2 Å². The van der Waals surface area contributed by atoms with Gasteiger partial charge in [0.15, 0.2) is 5.78 Å².